The number of hydrogen-bond donors (Lipinski definition) is 1. The van der Waals surface area contributed by atoms with Crippen molar-refractivity contribution < 1.29 is 9.59 Å². The maximum atomic E-state index is 14.5. The van der Waals surface area contributed by atoms with Crippen molar-refractivity contribution in [2.75, 3.05) is 6.54 Å². The highest BCUT2D eigenvalue weighted by atomic mass is 32.2. The van der Waals surface area contributed by atoms with Crippen molar-refractivity contribution in [3.8, 4) is 62.7 Å². The predicted octanol–water partition coefficient (Wildman–Crippen LogP) is 15.4. The molecule has 0 fully saturated rings. The van der Waals surface area contributed by atoms with Gasteiger partial charge in [0.15, 0.2) is 6.29 Å². The van der Waals surface area contributed by atoms with Crippen molar-refractivity contribution in [3.05, 3.63) is 131 Å². The van der Waals surface area contributed by atoms with Crippen molar-refractivity contribution in [1.82, 2.24) is 5.32 Å². The molecule has 0 bridgehead atoms. The van der Waals surface area contributed by atoms with Gasteiger partial charge in [0.1, 0.15) is 0 Å². The van der Waals surface area contributed by atoms with Crippen LogP contribution in [-0.2, 0) is 0 Å². The van der Waals surface area contributed by atoms with Gasteiger partial charge in [0.2, 0.25) is 0 Å². The molecule has 0 saturated carbocycles. The first-order valence-electron chi connectivity index (χ1n) is 23.2. The van der Waals surface area contributed by atoms with Gasteiger partial charge in [-0.1, -0.05) is 157 Å². The van der Waals surface area contributed by atoms with Gasteiger partial charge in [-0.2, -0.15) is 15.8 Å². The molecule has 64 heavy (non-hydrogen) atoms. The van der Waals surface area contributed by atoms with Crippen LogP contribution in [0.5, 0.6) is 0 Å². The van der Waals surface area contributed by atoms with Gasteiger partial charge < -0.3 is 5.32 Å². The molecule has 6 nitrogen and oxygen atoms in total. The molecule has 0 spiro atoms. The van der Waals surface area contributed by atoms with E-state index >= 15 is 0 Å². The van der Waals surface area contributed by atoms with Gasteiger partial charge in [-0.3, -0.25) is 9.59 Å². The molecule has 1 amide bonds. The van der Waals surface area contributed by atoms with E-state index < -0.39 is 0 Å². The summed E-state index contributed by atoms with van der Waals surface area (Å²) in [5.74, 6) is -0.232. The molecular formula is C57H56N4O2S. The molecule has 1 heterocycles. The summed E-state index contributed by atoms with van der Waals surface area (Å²) in [4.78, 5) is 29.7. The Hall–Kier alpha value is -6.46. The van der Waals surface area contributed by atoms with Crippen LogP contribution in [0, 0.1) is 34.0 Å². The van der Waals surface area contributed by atoms with Crippen molar-refractivity contribution in [1.29, 1.82) is 15.8 Å². The molecule has 1 N–H and O–H groups in total. The van der Waals surface area contributed by atoms with Gasteiger partial charge >= 0.3 is 0 Å². The number of carbonyl (C=O) groups is 2. The van der Waals surface area contributed by atoms with E-state index in [0.717, 1.165) is 85.2 Å². The normalized spacial score (nSPS) is 11.3. The SMILES string of the molecule is CCCCCCCCCCCCCCCCCCNC(=O)c1cc(-c2ccc(C#N)cc2)c2c3c(c(-c4ccc(C#N)cc4)cc(C=O)c13)Sc1ccc(-c3ccc(C#N)cc3)cc1-2. The number of nitrogens with one attached hydrogen (secondary N) is 1. The zero-order valence-electron chi connectivity index (χ0n) is 37.0. The standard InChI is InChI=1S/C57H56N4O2S/c1-2-3-4-5-6-7-8-9-10-11-12-13-14-15-16-17-32-61-57(63)51-35-48(44-26-20-41(37-59)21-27-44)54-50-33-46(43-24-18-40(36-58)19-25-43)30-31-52(50)64-56-49(34-47(39-62)53(51)55(54)56)45-28-22-42(38-60)23-29-45/h18-31,33-35,39H,2-17,32H2,1H3,(H,61,63). The Labute approximate surface area is 383 Å². The van der Waals surface area contributed by atoms with Crippen LogP contribution in [0.2, 0.25) is 0 Å². The summed E-state index contributed by atoms with van der Waals surface area (Å²) >= 11 is 1.61. The van der Waals surface area contributed by atoms with Gasteiger partial charge in [-0.05, 0) is 112 Å². The Kier molecular flexibility index (Phi) is 16.2. The van der Waals surface area contributed by atoms with Crippen molar-refractivity contribution in [3.63, 3.8) is 0 Å². The predicted molar refractivity (Wildman–Crippen MR) is 261 cm³/mol. The van der Waals surface area contributed by atoms with Gasteiger partial charge in [0.05, 0.1) is 34.9 Å². The summed E-state index contributed by atoms with van der Waals surface area (Å²) < 4.78 is 0. The first kappa shape index (κ1) is 45.6. The zero-order valence-corrected chi connectivity index (χ0v) is 37.8. The molecule has 322 valence electrons. The Bertz CT molecular complexity index is 2720. The quantitative estimate of drug-likeness (QED) is 0.0536. The molecule has 0 atom stereocenters. The van der Waals surface area contributed by atoms with Crippen LogP contribution in [0.4, 0.5) is 0 Å². The van der Waals surface area contributed by atoms with Crippen LogP contribution in [0.1, 0.15) is 147 Å². The van der Waals surface area contributed by atoms with Gasteiger partial charge in [-0.15, -0.1) is 0 Å². The van der Waals surface area contributed by atoms with Crippen molar-refractivity contribution in [2.45, 2.75) is 119 Å². The van der Waals surface area contributed by atoms with E-state index in [0.29, 0.717) is 39.7 Å². The number of fused-ring (bicyclic) bond motifs is 2. The molecule has 6 aromatic rings. The summed E-state index contributed by atoms with van der Waals surface area (Å²) in [7, 11) is 0. The summed E-state index contributed by atoms with van der Waals surface area (Å²) in [6, 6.07) is 39.1. The highest BCUT2D eigenvalue weighted by molar-refractivity contribution is 8.00. The smallest absolute Gasteiger partial charge is 0.251 e. The first-order valence-corrected chi connectivity index (χ1v) is 24.0. The number of nitriles is 3. The van der Waals surface area contributed by atoms with E-state index in [1.54, 1.807) is 36.0 Å². The third kappa shape index (κ3) is 10.8. The van der Waals surface area contributed by atoms with Gasteiger partial charge in [0.25, 0.3) is 5.91 Å². The van der Waals surface area contributed by atoms with Crippen LogP contribution < -0.4 is 5.32 Å². The molecule has 7 rings (SSSR count). The third-order valence-electron chi connectivity index (χ3n) is 12.5. The van der Waals surface area contributed by atoms with Crippen LogP contribution in [0.15, 0.2) is 113 Å². The highest BCUT2D eigenvalue weighted by Gasteiger charge is 2.30. The van der Waals surface area contributed by atoms with Crippen LogP contribution in [0.25, 0.3) is 55.3 Å². The van der Waals surface area contributed by atoms with E-state index in [2.05, 4.69) is 48.6 Å². The fourth-order valence-electron chi connectivity index (χ4n) is 9.00. The Balaban J connectivity index is 1.18. The molecule has 1 aliphatic heterocycles. The number of aldehydes is 1. The summed E-state index contributed by atoms with van der Waals surface area (Å²) in [5.41, 5.74) is 9.60. The maximum Gasteiger partial charge on any atom is 0.251 e. The third-order valence-corrected chi connectivity index (χ3v) is 13.7. The summed E-state index contributed by atoms with van der Waals surface area (Å²) in [6.07, 6.45) is 21.3. The first-order chi connectivity index (χ1) is 31.5. The van der Waals surface area contributed by atoms with Gasteiger partial charge in [0, 0.05) is 38.2 Å². The maximum absolute atomic E-state index is 14.5. The molecule has 0 radical (unpaired) electrons. The largest absolute Gasteiger partial charge is 0.352 e. The highest BCUT2D eigenvalue weighted by Crippen LogP contribution is 2.56. The molecule has 7 heteroatoms. The lowest BCUT2D eigenvalue weighted by molar-refractivity contribution is 0.0954. The average Bonchev–Trinajstić information content (AvgIpc) is 3.34. The second kappa shape index (κ2) is 22.8. The fourth-order valence-corrected chi connectivity index (χ4v) is 10.2. The Morgan fingerprint density at radius 3 is 1.50 bits per heavy atom. The lowest BCUT2D eigenvalue weighted by atomic mass is 9.83. The van der Waals surface area contributed by atoms with Crippen LogP contribution in [-0.4, -0.2) is 18.7 Å². The monoisotopic (exact) mass is 860 g/mol. The zero-order chi connectivity index (χ0) is 44.7. The van der Waals surface area contributed by atoms with Crippen LogP contribution in [0.3, 0.4) is 0 Å². The number of amides is 1. The number of benzene rings is 6. The Morgan fingerprint density at radius 2 is 1.00 bits per heavy atom. The fraction of sp³-hybridized carbons (Fsp3) is 0.316. The molecule has 0 aliphatic carbocycles. The lowest BCUT2D eigenvalue weighted by Gasteiger charge is -2.28. The van der Waals surface area contributed by atoms with E-state index in [1.165, 1.54) is 83.5 Å². The summed E-state index contributed by atoms with van der Waals surface area (Å²) in [6.45, 7) is 2.80. The van der Waals surface area contributed by atoms with E-state index in [1.807, 2.05) is 60.7 Å². The minimum absolute atomic E-state index is 0.232. The van der Waals surface area contributed by atoms with E-state index in [-0.39, 0.29) is 5.91 Å². The van der Waals surface area contributed by atoms with Gasteiger partial charge in [-0.25, -0.2) is 0 Å². The topological polar surface area (TPSA) is 118 Å². The molecule has 1 aliphatic rings. The Morgan fingerprint density at radius 1 is 0.531 bits per heavy atom. The summed E-state index contributed by atoms with van der Waals surface area (Å²) in [5, 5.41) is 33.4. The van der Waals surface area contributed by atoms with Crippen LogP contribution >= 0.6 is 11.8 Å². The number of hydrogen-bond acceptors (Lipinski definition) is 6. The second-order valence-electron chi connectivity index (χ2n) is 17.0. The average molecular weight is 861 g/mol. The minimum atomic E-state index is -0.232. The second-order valence-corrected chi connectivity index (χ2v) is 18.0. The van der Waals surface area contributed by atoms with E-state index in [9.17, 15) is 25.4 Å². The molecule has 0 saturated heterocycles. The minimum Gasteiger partial charge on any atom is -0.352 e. The van der Waals surface area contributed by atoms with Crippen molar-refractivity contribution in [2.24, 2.45) is 0 Å². The number of nitrogens with zero attached hydrogens (tertiary/aromatic N) is 3. The molecule has 0 unspecified atom stereocenters. The number of carbonyl (C=O) groups excluding carboxylic acids is 2. The number of rotatable bonds is 22. The molecule has 6 aromatic carbocycles. The number of unbranched alkanes of at least 4 members (excludes halogenated alkanes) is 15. The van der Waals surface area contributed by atoms with E-state index in [4.69, 9.17) is 0 Å². The van der Waals surface area contributed by atoms with Crippen molar-refractivity contribution >= 4 is 34.7 Å². The molecular weight excluding hydrogens is 805 g/mol. The molecule has 0 aromatic heterocycles. The lowest BCUT2D eigenvalue weighted by Crippen LogP contribution is -2.25.